The number of rotatable bonds is 5. The number of hydrogen-bond acceptors (Lipinski definition) is 2. The lowest BCUT2D eigenvalue weighted by atomic mass is 10.1. The highest BCUT2D eigenvalue weighted by molar-refractivity contribution is 5.76. The number of nitrogens with zero attached hydrogens (tertiary/aromatic N) is 2. The predicted octanol–water partition coefficient (Wildman–Crippen LogP) is 2.72. The van der Waals surface area contributed by atoms with Crippen LogP contribution < -0.4 is 5.73 Å². The highest BCUT2D eigenvalue weighted by atomic mass is 19.1. The van der Waals surface area contributed by atoms with Crippen LogP contribution in [0.1, 0.15) is 26.1 Å². The Balaban J connectivity index is 2.50. The molecular formula is C14H20FN3. The van der Waals surface area contributed by atoms with Gasteiger partial charge in [-0.1, -0.05) is 19.9 Å². The van der Waals surface area contributed by atoms with Crippen molar-refractivity contribution in [2.45, 2.75) is 33.2 Å². The van der Waals surface area contributed by atoms with Gasteiger partial charge in [0.05, 0.1) is 5.52 Å². The van der Waals surface area contributed by atoms with Gasteiger partial charge >= 0.3 is 0 Å². The molecule has 0 bridgehead atoms. The van der Waals surface area contributed by atoms with Crippen molar-refractivity contribution < 1.29 is 4.39 Å². The molecule has 0 aliphatic heterocycles. The summed E-state index contributed by atoms with van der Waals surface area (Å²) in [7, 11) is 0. The molecule has 2 rings (SSSR count). The molecule has 98 valence electrons. The first-order valence-electron chi connectivity index (χ1n) is 6.51. The Bertz CT molecular complexity index is 533. The molecule has 0 radical (unpaired) electrons. The molecule has 2 N–H and O–H groups in total. The molecule has 18 heavy (non-hydrogen) atoms. The zero-order chi connectivity index (χ0) is 13.1. The van der Waals surface area contributed by atoms with Crippen LogP contribution in [0.25, 0.3) is 11.0 Å². The summed E-state index contributed by atoms with van der Waals surface area (Å²) in [5.74, 6) is 1.05. The number of aromatic nitrogens is 2. The number of aryl methyl sites for hydroxylation is 1. The summed E-state index contributed by atoms with van der Waals surface area (Å²) in [6.07, 6.45) is 1.80. The highest BCUT2D eigenvalue weighted by Gasteiger charge is 2.14. The van der Waals surface area contributed by atoms with Gasteiger partial charge < -0.3 is 10.3 Å². The van der Waals surface area contributed by atoms with E-state index >= 15 is 0 Å². The molecule has 1 unspecified atom stereocenters. The molecule has 3 nitrogen and oxygen atoms in total. The van der Waals surface area contributed by atoms with Crippen molar-refractivity contribution in [3.05, 3.63) is 29.8 Å². The minimum atomic E-state index is -0.246. The summed E-state index contributed by atoms with van der Waals surface area (Å²) in [4.78, 5) is 4.45. The van der Waals surface area contributed by atoms with Crippen LogP contribution in [0.4, 0.5) is 4.39 Å². The Morgan fingerprint density at radius 1 is 1.44 bits per heavy atom. The molecule has 1 atom stereocenters. The second-order valence-corrected chi connectivity index (χ2v) is 4.83. The standard InChI is InChI=1S/C14H20FN3/c1-3-7-18-12-6-4-5-11(15)14(12)17-13(18)8-10(2)9-16/h4-6,10H,3,7-9,16H2,1-2H3. The molecular weight excluding hydrogens is 229 g/mol. The first-order chi connectivity index (χ1) is 8.67. The molecule has 1 aromatic carbocycles. The van der Waals surface area contributed by atoms with Gasteiger partial charge in [0.1, 0.15) is 11.3 Å². The Labute approximate surface area is 107 Å². The lowest BCUT2D eigenvalue weighted by Crippen LogP contribution is -2.16. The Kier molecular flexibility index (Phi) is 3.97. The van der Waals surface area contributed by atoms with E-state index in [1.54, 1.807) is 6.07 Å². The van der Waals surface area contributed by atoms with Gasteiger partial charge in [-0.3, -0.25) is 0 Å². The summed E-state index contributed by atoms with van der Waals surface area (Å²) in [5.41, 5.74) is 7.02. The van der Waals surface area contributed by atoms with E-state index in [1.165, 1.54) is 6.07 Å². The van der Waals surface area contributed by atoms with Crippen LogP contribution in [0.2, 0.25) is 0 Å². The van der Waals surface area contributed by atoms with Crippen LogP contribution in [-0.4, -0.2) is 16.1 Å². The zero-order valence-electron chi connectivity index (χ0n) is 11.0. The second-order valence-electron chi connectivity index (χ2n) is 4.83. The average molecular weight is 249 g/mol. The molecule has 0 saturated heterocycles. The van der Waals surface area contributed by atoms with E-state index in [4.69, 9.17) is 5.73 Å². The SMILES string of the molecule is CCCn1c(CC(C)CN)nc2c(F)cccc21. The molecule has 4 heteroatoms. The molecule has 0 aliphatic carbocycles. The summed E-state index contributed by atoms with van der Waals surface area (Å²) in [5, 5.41) is 0. The third-order valence-corrected chi connectivity index (χ3v) is 3.19. The fourth-order valence-electron chi connectivity index (χ4n) is 2.18. The lowest BCUT2D eigenvalue weighted by Gasteiger charge is -2.11. The number of para-hydroxylation sites is 1. The number of benzene rings is 1. The molecule has 1 heterocycles. The first kappa shape index (κ1) is 13.0. The number of halogens is 1. The van der Waals surface area contributed by atoms with Gasteiger partial charge in [-0.25, -0.2) is 9.37 Å². The van der Waals surface area contributed by atoms with Gasteiger partial charge in [0, 0.05) is 13.0 Å². The van der Waals surface area contributed by atoms with E-state index in [0.29, 0.717) is 18.0 Å². The van der Waals surface area contributed by atoms with Crippen molar-refractivity contribution in [1.82, 2.24) is 9.55 Å². The molecule has 1 aromatic heterocycles. The maximum absolute atomic E-state index is 13.7. The highest BCUT2D eigenvalue weighted by Crippen LogP contribution is 2.21. The lowest BCUT2D eigenvalue weighted by molar-refractivity contribution is 0.544. The summed E-state index contributed by atoms with van der Waals surface area (Å²) >= 11 is 0. The van der Waals surface area contributed by atoms with Gasteiger partial charge in [-0.2, -0.15) is 0 Å². The van der Waals surface area contributed by atoms with Crippen molar-refractivity contribution >= 4 is 11.0 Å². The van der Waals surface area contributed by atoms with Gasteiger partial charge in [-0.15, -0.1) is 0 Å². The minimum Gasteiger partial charge on any atom is -0.330 e. The Hall–Kier alpha value is -1.42. The third-order valence-electron chi connectivity index (χ3n) is 3.19. The molecule has 0 spiro atoms. The number of hydrogen-bond donors (Lipinski definition) is 1. The fourth-order valence-corrected chi connectivity index (χ4v) is 2.18. The summed E-state index contributed by atoms with van der Waals surface area (Å²) in [6.45, 7) is 5.69. The van der Waals surface area contributed by atoms with Crippen LogP contribution >= 0.6 is 0 Å². The van der Waals surface area contributed by atoms with E-state index in [0.717, 1.165) is 30.7 Å². The Morgan fingerprint density at radius 3 is 2.89 bits per heavy atom. The van der Waals surface area contributed by atoms with E-state index in [1.807, 2.05) is 6.07 Å². The average Bonchev–Trinajstić information content (AvgIpc) is 2.70. The van der Waals surface area contributed by atoms with Crippen LogP contribution in [0.3, 0.4) is 0 Å². The molecule has 0 fully saturated rings. The van der Waals surface area contributed by atoms with Crippen LogP contribution in [0.5, 0.6) is 0 Å². The topological polar surface area (TPSA) is 43.8 Å². The van der Waals surface area contributed by atoms with E-state index < -0.39 is 0 Å². The normalized spacial score (nSPS) is 13.1. The molecule has 0 saturated carbocycles. The van der Waals surface area contributed by atoms with Crippen molar-refractivity contribution in [3.63, 3.8) is 0 Å². The number of nitrogens with two attached hydrogens (primary N) is 1. The second kappa shape index (κ2) is 5.48. The quantitative estimate of drug-likeness (QED) is 0.885. The molecule has 0 amide bonds. The molecule has 2 aromatic rings. The monoisotopic (exact) mass is 249 g/mol. The van der Waals surface area contributed by atoms with Crippen LogP contribution in [0.15, 0.2) is 18.2 Å². The van der Waals surface area contributed by atoms with E-state index in [-0.39, 0.29) is 5.82 Å². The van der Waals surface area contributed by atoms with Crippen molar-refractivity contribution in [2.75, 3.05) is 6.54 Å². The number of imidazole rings is 1. The maximum atomic E-state index is 13.7. The maximum Gasteiger partial charge on any atom is 0.151 e. The van der Waals surface area contributed by atoms with Crippen molar-refractivity contribution in [2.24, 2.45) is 11.7 Å². The van der Waals surface area contributed by atoms with Crippen molar-refractivity contribution in [1.29, 1.82) is 0 Å². The zero-order valence-corrected chi connectivity index (χ0v) is 11.0. The first-order valence-corrected chi connectivity index (χ1v) is 6.51. The van der Waals surface area contributed by atoms with Gasteiger partial charge in [-0.05, 0) is 31.0 Å². The van der Waals surface area contributed by atoms with E-state index in [2.05, 4.69) is 23.4 Å². The minimum absolute atomic E-state index is 0.246. The van der Waals surface area contributed by atoms with E-state index in [9.17, 15) is 4.39 Å². The summed E-state index contributed by atoms with van der Waals surface area (Å²) in [6, 6.07) is 5.13. The van der Waals surface area contributed by atoms with Gasteiger partial charge in [0.15, 0.2) is 5.82 Å². The number of fused-ring (bicyclic) bond motifs is 1. The Morgan fingerprint density at radius 2 is 2.22 bits per heavy atom. The third kappa shape index (κ3) is 2.38. The largest absolute Gasteiger partial charge is 0.330 e. The predicted molar refractivity (Wildman–Crippen MR) is 71.9 cm³/mol. The van der Waals surface area contributed by atoms with Crippen LogP contribution in [0, 0.1) is 11.7 Å². The fraction of sp³-hybridized carbons (Fsp3) is 0.500. The van der Waals surface area contributed by atoms with Crippen molar-refractivity contribution in [3.8, 4) is 0 Å². The van der Waals surface area contributed by atoms with Gasteiger partial charge in [0.25, 0.3) is 0 Å². The van der Waals surface area contributed by atoms with Crippen LogP contribution in [-0.2, 0) is 13.0 Å². The smallest absolute Gasteiger partial charge is 0.151 e. The molecule has 0 aliphatic rings. The van der Waals surface area contributed by atoms with Gasteiger partial charge in [0.2, 0.25) is 0 Å². The summed E-state index contributed by atoms with van der Waals surface area (Å²) < 4.78 is 15.9.